The van der Waals surface area contributed by atoms with Crippen LogP contribution in [-0.4, -0.2) is 56.6 Å². The van der Waals surface area contributed by atoms with E-state index in [1.807, 2.05) is 11.0 Å². The van der Waals surface area contributed by atoms with Gasteiger partial charge in [0, 0.05) is 25.8 Å². The number of ether oxygens (including phenoxy) is 4. The van der Waals surface area contributed by atoms with Crippen molar-refractivity contribution in [3.8, 4) is 11.5 Å². The van der Waals surface area contributed by atoms with E-state index in [-0.39, 0.29) is 13.4 Å². The van der Waals surface area contributed by atoms with Crippen LogP contribution in [0.4, 0.5) is 5.82 Å². The van der Waals surface area contributed by atoms with Crippen LogP contribution in [-0.2, 0) is 20.8 Å². The summed E-state index contributed by atoms with van der Waals surface area (Å²) in [4.78, 5) is 30.8. The molecular weight excluding hydrogens is 378 g/mol. The molecule has 0 bridgehead atoms. The van der Waals surface area contributed by atoms with Gasteiger partial charge in [0.2, 0.25) is 6.79 Å². The predicted octanol–water partition coefficient (Wildman–Crippen LogP) is 1.12. The van der Waals surface area contributed by atoms with E-state index in [2.05, 4.69) is 10.3 Å². The highest BCUT2D eigenvalue weighted by Crippen LogP contribution is 2.32. The molecular formula is C20H21N3O6. The van der Waals surface area contributed by atoms with Gasteiger partial charge in [-0.1, -0.05) is 6.07 Å². The number of hydrogen-bond acceptors (Lipinski definition) is 8. The first-order valence-corrected chi connectivity index (χ1v) is 9.31. The summed E-state index contributed by atoms with van der Waals surface area (Å²) in [5.74, 6) is 0.893. The van der Waals surface area contributed by atoms with Gasteiger partial charge in [-0.2, -0.15) is 0 Å². The van der Waals surface area contributed by atoms with Gasteiger partial charge in [0.1, 0.15) is 11.4 Å². The summed E-state index contributed by atoms with van der Waals surface area (Å²) >= 11 is 0. The van der Waals surface area contributed by atoms with E-state index in [1.165, 1.54) is 0 Å². The van der Waals surface area contributed by atoms with Gasteiger partial charge >= 0.3 is 5.97 Å². The molecule has 2 aliphatic heterocycles. The third-order valence-corrected chi connectivity index (χ3v) is 4.58. The smallest absolute Gasteiger partial charge is 0.342 e. The lowest BCUT2D eigenvalue weighted by Crippen LogP contribution is -2.38. The van der Waals surface area contributed by atoms with E-state index in [1.54, 1.807) is 30.5 Å². The third kappa shape index (κ3) is 4.57. The second kappa shape index (κ2) is 8.78. The Balaban J connectivity index is 1.30. The summed E-state index contributed by atoms with van der Waals surface area (Å²) in [5.41, 5.74) is 1.19. The Bertz CT molecular complexity index is 898. The molecule has 9 nitrogen and oxygen atoms in total. The van der Waals surface area contributed by atoms with Crippen molar-refractivity contribution >= 4 is 17.7 Å². The van der Waals surface area contributed by atoms with Crippen LogP contribution < -0.4 is 19.7 Å². The van der Waals surface area contributed by atoms with Crippen LogP contribution in [0, 0.1) is 0 Å². The molecule has 9 heteroatoms. The van der Waals surface area contributed by atoms with E-state index in [9.17, 15) is 9.59 Å². The Morgan fingerprint density at radius 1 is 1.14 bits per heavy atom. The first kappa shape index (κ1) is 19.0. The fraction of sp³-hybridized carbons (Fsp3) is 0.350. The standard InChI is InChI=1S/C20H21N3O6/c24-18(22-11-14-3-4-16-17(10-14)29-13-28-16)12-27-20(25)15-2-1-5-21-19(15)23-6-8-26-9-7-23/h1-5,10H,6-9,11-13H2,(H,22,24). The largest absolute Gasteiger partial charge is 0.454 e. The van der Waals surface area contributed by atoms with E-state index in [4.69, 9.17) is 18.9 Å². The molecule has 0 spiro atoms. The number of aromatic nitrogens is 1. The Kier molecular flexibility index (Phi) is 5.76. The van der Waals surface area contributed by atoms with Crippen molar-refractivity contribution in [1.82, 2.24) is 10.3 Å². The molecule has 0 atom stereocenters. The number of rotatable bonds is 6. The molecule has 1 N–H and O–H groups in total. The minimum atomic E-state index is -0.585. The lowest BCUT2D eigenvalue weighted by molar-refractivity contribution is -0.124. The number of fused-ring (bicyclic) bond motifs is 1. The fourth-order valence-electron chi connectivity index (χ4n) is 3.09. The number of pyridine rings is 1. The minimum absolute atomic E-state index is 0.196. The molecule has 2 aromatic rings. The summed E-state index contributed by atoms with van der Waals surface area (Å²) in [5, 5.41) is 2.72. The average Bonchev–Trinajstić information content (AvgIpc) is 3.24. The van der Waals surface area contributed by atoms with Gasteiger partial charge in [0.25, 0.3) is 5.91 Å². The zero-order valence-corrected chi connectivity index (χ0v) is 15.8. The van der Waals surface area contributed by atoms with Crippen molar-refractivity contribution in [2.45, 2.75) is 6.54 Å². The zero-order chi connectivity index (χ0) is 20.1. The van der Waals surface area contributed by atoms with Gasteiger partial charge in [0.05, 0.1) is 13.2 Å². The zero-order valence-electron chi connectivity index (χ0n) is 15.8. The first-order valence-electron chi connectivity index (χ1n) is 9.31. The van der Waals surface area contributed by atoms with Gasteiger partial charge in [-0.15, -0.1) is 0 Å². The highest BCUT2D eigenvalue weighted by molar-refractivity contribution is 5.96. The van der Waals surface area contributed by atoms with Crippen LogP contribution >= 0.6 is 0 Å². The van der Waals surface area contributed by atoms with Crippen LogP contribution in [0.2, 0.25) is 0 Å². The molecule has 0 unspecified atom stereocenters. The molecule has 1 amide bonds. The number of hydrogen-bond donors (Lipinski definition) is 1. The van der Waals surface area contributed by atoms with Gasteiger partial charge in [-0.25, -0.2) is 9.78 Å². The molecule has 1 fully saturated rings. The van der Waals surface area contributed by atoms with Crippen molar-refractivity contribution in [1.29, 1.82) is 0 Å². The monoisotopic (exact) mass is 399 g/mol. The summed E-state index contributed by atoms with van der Waals surface area (Å²) in [6, 6.07) is 8.74. The van der Waals surface area contributed by atoms with Gasteiger partial charge < -0.3 is 29.2 Å². The quantitative estimate of drug-likeness (QED) is 0.722. The van der Waals surface area contributed by atoms with Gasteiger partial charge in [-0.3, -0.25) is 4.79 Å². The number of benzene rings is 1. The molecule has 0 radical (unpaired) electrons. The van der Waals surface area contributed by atoms with Gasteiger partial charge in [-0.05, 0) is 29.8 Å². The van der Waals surface area contributed by atoms with Crippen LogP contribution in [0.25, 0.3) is 0 Å². The maximum atomic E-state index is 12.5. The number of anilines is 1. The van der Waals surface area contributed by atoms with Crippen LogP contribution in [0.3, 0.4) is 0 Å². The second-order valence-corrected chi connectivity index (χ2v) is 6.51. The third-order valence-electron chi connectivity index (χ3n) is 4.58. The van der Waals surface area contributed by atoms with E-state index in [0.717, 1.165) is 5.56 Å². The van der Waals surface area contributed by atoms with E-state index in [0.29, 0.717) is 55.7 Å². The molecule has 2 aliphatic rings. The van der Waals surface area contributed by atoms with Crippen molar-refractivity contribution < 1.29 is 28.5 Å². The first-order chi connectivity index (χ1) is 14.2. The number of carbonyl (C=O) groups is 2. The number of nitrogens with one attached hydrogen (secondary N) is 1. The summed E-state index contributed by atoms with van der Waals surface area (Å²) in [6.45, 7) is 2.56. The number of amides is 1. The number of esters is 1. The van der Waals surface area contributed by atoms with E-state index >= 15 is 0 Å². The normalized spacial score (nSPS) is 15.1. The Labute approximate surface area is 167 Å². The van der Waals surface area contributed by atoms with Crippen LogP contribution in [0.1, 0.15) is 15.9 Å². The minimum Gasteiger partial charge on any atom is -0.454 e. The maximum absolute atomic E-state index is 12.5. The Morgan fingerprint density at radius 3 is 2.83 bits per heavy atom. The summed E-state index contributed by atoms with van der Waals surface area (Å²) < 4.78 is 21.1. The van der Waals surface area contributed by atoms with Crippen molar-refractivity contribution in [2.24, 2.45) is 0 Å². The number of morpholine rings is 1. The molecule has 3 heterocycles. The highest BCUT2D eigenvalue weighted by Gasteiger charge is 2.21. The number of carbonyl (C=O) groups excluding carboxylic acids is 2. The maximum Gasteiger partial charge on any atom is 0.342 e. The summed E-state index contributed by atoms with van der Waals surface area (Å²) in [6.07, 6.45) is 1.62. The molecule has 29 heavy (non-hydrogen) atoms. The molecule has 4 rings (SSSR count). The Morgan fingerprint density at radius 2 is 1.97 bits per heavy atom. The lowest BCUT2D eigenvalue weighted by atomic mass is 10.2. The van der Waals surface area contributed by atoms with Gasteiger partial charge in [0.15, 0.2) is 18.1 Å². The fourth-order valence-corrected chi connectivity index (χ4v) is 3.09. The molecule has 0 saturated carbocycles. The Hall–Kier alpha value is -3.33. The van der Waals surface area contributed by atoms with Crippen molar-refractivity contribution in [2.75, 3.05) is 44.6 Å². The molecule has 152 valence electrons. The number of nitrogens with zero attached hydrogens (tertiary/aromatic N) is 2. The van der Waals surface area contributed by atoms with Crippen molar-refractivity contribution in [3.63, 3.8) is 0 Å². The topological polar surface area (TPSA) is 99.2 Å². The van der Waals surface area contributed by atoms with Crippen molar-refractivity contribution in [3.05, 3.63) is 47.7 Å². The molecule has 1 aromatic carbocycles. The predicted molar refractivity (Wildman–Crippen MR) is 102 cm³/mol. The second-order valence-electron chi connectivity index (χ2n) is 6.51. The van der Waals surface area contributed by atoms with E-state index < -0.39 is 11.9 Å². The lowest BCUT2D eigenvalue weighted by Gasteiger charge is -2.28. The molecule has 0 aliphatic carbocycles. The summed E-state index contributed by atoms with van der Waals surface area (Å²) in [7, 11) is 0. The molecule has 1 saturated heterocycles. The average molecular weight is 399 g/mol. The van der Waals surface area contributed by atoms with Crippen LogP contribution in [0.15, 0.2) is 36.5 Å². The SMILES string of the molecule is O=C(COC(=O)c1cccnc1N1CCOCC1)NCc1ccc2c(c1)OCO2. The highest BCUT2D eigenvalue weighted by atomic mass is 16.7. The van der Waals surface area contributed by atoms with Crippen LogP contribution in [0.5, 0.6) is 11.5 Å². The molecule has 1 aromatic heterocycles.